The Hall–Kier alpha value is -1.89. The van der Waals surface area contributed by atoms with Crippen LogP contribution in [0.15, 0.2) is 20.6 Å². The summed E-state index contributed by atoms with van der Waals surface area (Å²) < 4.78 is 7.63. The molecule has 0 saturated carbocycles. The lowest BCUT2D eigenvalue weighted by Crippen LogP contribution is -2.37. The Morgan fingerprint density at radius 2 is 1.83 bits per heavy atom. The molecular formula is C17H28N4O3. The molecule has 1 fully saturated rings. The molecule has 0 N–H and O–H groups in total. The van der Waals surface area contributed by atoms with Crippen molar-refractivity contribution in [1.29, 1.82) is 0 Å². The monoisotopic (exact) mass is 336 g/mol. The highest BCUT2D eigenvalue weighted by atomic mass is 16.5. The van der Waals surface area contributed by atoms with E-state index in [1.54, 1.807) is 14.2 Å². The summed E-state index contributed by atoms with van der Waals surface area (Å²) >= 11 is 0. The van der Waals surface area contributed by atoms with E-state index in [1.165, 1.54) is 24.1 Å². The number of likely N-dealkylation sites (tertiary alicyclic amines) is 1. The van der Waals surface area contributed by atoms with Crippen molar-refractivity contribution < 1.29 is 4.74 Å². The lowest BCUT2D eigenvalue weighted by Gasteiger charge is -2.30. The van der Waals surface area contributed by atoms with Gasteiger partial charge in [-0.1, -0.05) is 0 Å². The lowest BCUT2D eigenvalue weighted by molar-refractivity contribution is 0.193. The van der Waals surface area contributed by atoms with Gasteiger partial charge in [-0.25, -0.2) is 9.79 Å². The molecule has 1 aliphatic heterocycles. The number of rotatable bonds is 6. The number of hydrogen-bond acceptors (Lipinski definition) is 4. The summed E-state index contributed by atoms with van der Waals surface area (Å²) in [6.45, 7) is 2.71. The molecule has 2 rings (SSSR count). The first-order valence-electron chi connectivity index (χ1n) is 8.63. The Balaban J connectivity index is 2.29. The van der Waals surface area contributed by atoms with Gasteiger partial charge in [-0.05, 0) is 32.1 Å². The zero-order chi connectivity index (χ0) is 17.5. The van der Waals surface area contributed by atoms with E-state index in [0.717, 1.165) is 62.2 Å². The number of hydrogen-bond donors (Lipinski definition) is 0. The van der Waals surface area contributed by atoms with Crippen LogP contribution in [0.5, 0.6) is 0 Å². The number of piperidine rings is 1. The molecule has 7 heteroatoms. The fraction of sp³-hybridized carbons (Fsp3) is 0.706. The zero-order valence-electron chi connectivity index (χ0n) is 15.0. The molecule has 0 spiro atoms. The second-order valence-electron chi connectivity index (χ2n) is 6.27. The highest BCUT2D eigenvalue weighted by molar-refractivity contribution is 5.84. The number of methoxy groups -OCH3 is 1. The van der Waals surface area contributed by atoms with E-state index in [2.05, 4.69) is 4.90 Å². The van der Waals surface area contributed by atoms with Crippen LogP contribution in [0.1, 0.15) is 38.5 Å². The summed E-state index contributed by atoms with van der Waals surface area (Å²) in [7, 11) is 4.84. The Kier molecular flexibility index (Phi) is 6.78. The molecular weight excluding hydrogens is 308 g/mol. The van der Waals surface area contributed by atoms with Crippen LogP contribution in [0.3, 0.4) is 0 Å². The van der Waals surface area contributed by atoms with Gasteiger partial charge in [0.15, 0.2) is 0 Å². The number of aromatic nitrogens is 2. The summed E-state index contributed by atoms with van der Waals surface area (Å²) in [4.78, 5) is 31.0. The van der Waals surface area contributed by atoms with E-state index in [0.29, 0.717) is 5.82 Å². The van der Waals surface area contributed by atoms with Crippen molar-refractivity contribution >= 4 is 11.7 Å². The first-order chi connectivity index (χ1) is 11.5. The van der Waals surface area contributed by atoms with E-state index in [1.807, 2.05) is 0 Å². The summed E-state index contributed by atoms with van der Waals surface area (Å²) in [5, 5.41) is 0. The molecule has 0 unspecified atom stereocenters. The number of amidine groups is 1. The smallest absolute Gasteiger partial charge is 0.332 e. The first-order valence-corrected chi connectivity index (χ1v) is 8.63. The van der Waals surface area contributed by atoms with Gasteiger partial charge in [0, 0.05) is 53.4 Å². The largest absolute Gasteiger partial charge is 0.385 e. The quantitative estimate of drug-likeness (QED) is 0.447. The van der Waals surface area contributed by atoms with E-state index >= 15 is 0 Å². The average Bonchev–Trinajstić information content (AvgIpc) is 2.60. The lowest BCUT2D eigenvalue weighted by atomic mass is 10.1. The molecule has 1 aliphatic rings. The second kappa shape index (κ2) is 8.82. The van der Waals surface area contributed by atoms with Crippen molar-refractivity contribution in [3.63, 3.8) is 0 Å². The van der Waals surface area contributed by atoms with Gasteiger partial charge < -0.3 is 9.64 Å². The molecule has 0 radical (unpaired) electrons. The van der Waals surface area contributed by atoms with E-state index < -0.39 is 0 Å². The third kappa shape index (κ3) is 4.56. The van der Waals surface area contributed by atoms with Gasteiger partial charge in [0.1, 0.15) is 11.7 Å². The third-order valence-electron chi connectivity index (χ3n) is 4.46. The van der Waals surface area contributed by atoms with Gasteiger partial charge in [0.2, 0.25) is 0 Å². The number of ether oxygens (including phenoxy) is 1. The van der Waals surface area contributed by atoms with Gasteiger partial charge in [0.25, 0.3) is 5.56 Å². The van der Waals surface area contributed by atoms with Gasteiger partial charge in [-0.15, -0.1) is 0 Å². The SMILES string of the molecule is COCCCC/C(=N/c1cc(=O)n(C)c(=O)n1C)N1CCCCC1. The van der Waals surface area contributed by atoms with Crippen LogP contribution < -0.4 is 11.2 Å². The number of unbranched alkanes of at least 4 members (excludes halogenated alkanes) is 1. The van der Waals surface area contributed by atoms with Gasteiger partial charge in [-0.3, -0.25) is 13.9 Å². The molecule has 0 amide bonds. The van der Waals surface area contributed by atoms with Gasteiger partial charge >= 0.3 is 5.69 Å². The average molecular weight is 336 g/mol. The van der Waals surface area contributed by atoms with Crippen LogP contribution in [0.25, 0.3) is 0 Å². The van der Waals surface area contributed by atoms with Crippen LogP contribution in [-0.2, 0) is 18.8 Å². The summed E-state index contributed by atoms with van der Waals surface area (Å²) in [6, 6.07) is 1.43. The first kappa shape index (κ1) is 18.4. The predicted octanol–water partition coefficient (Wildman–Crippen LogP) is 1.42. The Morgan fingerprint density at radius 3 is 2.50 bits per heavy atom. The maximum absolute atomic E-state index is 12.1. The van der Waals surface area contributed by atoms with Crippen LogP contribution in [0.2, 0.25) is 0 Å². The maximum Gasteiger partial charge on any atom is 0.332 e. The van der Waals surface area contributed by atoms with Crippen LogP contribution in [0.4, 0.5) is 5.82 Å². The van der Waals surface area contributed by atoms with E-state index in [4.69, 9.17) is 9.73 Å². The van der Waals surface area contributed by atoms with Crippen molar-refractivity contribution in [3.8, 4) is 0 Å². The maximum atomic E-state index is 12.1. The minimum Gasteiger partial charge on any atom is -0.385 e. The fourth-order valence-electron chi connectivity index (χ4n) is 2.93. The van der Waals surface area contributed by atoms with Crippen molar-refractivity contribution in [2.75, 3.05) is 26.8 Å². The summed E-state index contributed by atoms with van der Waals surface area (Å²) in [5.41, 5.74) is -0.673. The molecule has 1 saturated heterocycles. The molecule has 0 aliphatic carbocycles. The minimum absolute atomic E-state index is 0.325. The fourth-order valence-corrected chi connectivity index (χ4v) is 2.93. The van der Waals surface area contributed by atoms with Crippen molar-refractivity contribution in [3.05, 3.63) is 26.9 Å². The van der Waals surface area contributed by atoms with Crippen LogP contribution in [-0.4, -0.2) is 46.7 Å². The minimum atomic E-state index is -0.348. The topological polar surface area (TPSA) is 68.8 Å². The molecule has 7 nitrogen and oxygen atoms in total. The highest BCUT2D eigenvalue weighted by Crippen LogP contribution is 2.16. The standard InChI is InChI=1S/C17H28N4O3/c1-19-15(13-16(22)20(2)17(19)23)18-14(9-5-8-12-24-3)21-10-6-4-7-11-21/h13H,4-12H2,1-3H3/b18-14-. The highest BCUT2D eigenvalue weighted by Gasteiger charge is 2.16. The molecule has 2 heterocycles. The molecule has 1 aromatic heterocycles. The third-order valence-corrected chi connectivity index (χ3v) is 4.46. The summed E-state index contributed by atoms with van der Waals surface area (Å²) in [6.07, 6.45) is 6.34. The van der Waals surface area contributed by atoms with Crippen molar-refractivity contribution in [1.82, 2.24) is 14.0 Å². The normalized spacial score (nSPS) is 15.8. The Morgan fingerprint density at radius 1 is 1.12 bits per heavy atom. The van der Waals surface area contributed by atoms with Crippen LogP contribution >= 0.6 is 0 Å². The number of aliphatic imine (C=N–C) groups is 1. The van der Waals surface area contributed by atoms with E-state index in [9.17, 15) is 9.59 Å². The van der Waals surface area contributed by atoms with Crippen LogP contribution in [0, 0.1) is 0 Å². The number of nitrogens with zero attached hydrogens (tertiary/aromatic N) is 4. The van der Waals surface area contributed by atoms with Crippen molar-refractivity contribution in [2.24, 2.45) is 19.1 Å². The zero-order valence-corrected chi connectivity index (χ0v) is 15.0. The molecule has 1 aromatic rings. The molecule has 0 atom stereocenters. The Labute approximate surface area is 142 Å². The second-order valence-corrected chi connectivity index (χ2v) is 6.27. The van der Waals surface area contributed by atoms with E-state index in [-0.39, 0.29) is 11.2 Å². The van der Waals surface area contributed by atoms with Gasteiger partial charge in [0.05, 0.1) is 0 Å². The Bertz CT molecular complexity index is 684. The van der Waals surface area contributed by atoms with Gasteiger partial charge in [-0.2, -0.15) is 0 Å². The molecule has 0 aromatic carbocycles. The molecule has 0 bridgehead atoms. The predicted molar refractivity (Wildman–Crippen MR) is 95.2 cm³/mol. The summed E-state index contributed by atoms with van der Waals surface area (Å²) in [5.74, 6) is 1.39. The molecule has 24 heavy (non-hydrogen) atoms. The van der Waals surface area contributed by atoms with Crippen molar-refractivity contribution in [2.45, 2.75) is 38.5 Å². The molecule has 134 valence electrons.